The number of fused-ring (bicyclic) bond motifs is 1. The Morgan fingerprint density at radius 3 is 2.44 bits per heavy atom. The van der Waals surface area contributed by atoms with E-state index in [1.54, 1.807) is 30.6 Å². The second-order valence-electron chi connectivity index (χ2n) is 7.59. The summed E-state index contributed by atoms with van der Waals surface area (Å²) in [5, 5.41) is 6.68. The van der Waals surface area contributed by atoms with Crippen LogP contribution in [0.3, 0.4) is 0 Å². The molecule has 0 spiro atoms. The fourth-order valence-corrected chi connectivity index (χ4v) is 4.40. The van der Waals surface area contributed by atoms with E-state index in [2.05, 4.69) is 14.9 Å². The zero-order valence-corrected chi connectivity index (χ0v) is 18.7. The van der Waals surface area contributed by atoms with Gasteiger partial charge in [0.1, 0.15) is 0 Å². The molecule has 1 aliphatic rings. The fourth-order valence-electron chi connectivity index (χ4n) is 3.93. The number of aromatic nitrogens is 4. The van der Waals surface area contributed by atoms with Crippen molar-refractivity contribution in [1.29, 1.82) is 0 Å². The summed E-state index contributed by atoms with van der Waals surface area (Å²) in [7, 11) is 0. The molecule has 5 rings (SSSR count). The summed E-state index contributed by atoms with van der Waals surface area (Å²) >= 11 is 12.4. The molecule has 0 bridgehead atoms. The van der Waals surface area contributed by atoms with E-state index in [9.17, 15) is 4.79 Å². The van der Waals surface area contributed by atoms with Crippen molar-refractivity contribution in [3.63, 3.8) is 0 Å². The van der Waals surface area contributed by atoms with Crippen LogP contribution in [-0.2, 0) is 6.54 Å². The molecule has 0 radical (unpaired) electrons. The number of halogens is 2. The lowest BCUT2D eigenvalue weighted by atomic mass is 10.1. The number of hydrogen-bond donors (Lipinski definition) is 0. The molecule has 1 saturated heterocycles. The zero-order chi connectivity index (χ0) is 22.1. The Hall–Kier alpha value is -3.16. The molecule has 32 heavy (non-hydrogen) atoms. The van der Waals surface area contributed by atoms with E-state index >= 15 is 0 Å². The Morgan fingerprint density at radius 2 is 1.69 bits per heavy atom. The van der Waals surface area contributed by atoms with E-state index in [0.717, 1.165) is 16.5 Å². The highest BCUT2D eigenvalue weighted by atomic mass is 35.5. The predicted octanol–water partition coefficient (Wildman–Crippen LogP) is 4.14. The van der Waals surface area contributed by atoms with Crippen LogP contribution in [0.25, 0.3) is 10.9 Å². The summed E-state index contributed by atoms with van der Waals surface area (Å²) in [6.45, 7) is 2.97. The number of piperazine rings is 1. The molecule has 1 fully saturated rings. The summed E-state index contributed by atoms with van der Waals surface area (Å²) in [4.78, 5) is 25.9. The first kappa shape index (κ1) is 20.7. The highest BCUT2D eigenvalue weighted by molar-refractivity contribution is 6.35. The van der Waals surface area contributed by atoms with E-state index in [-0.39, 0.29) is 5.91 Å². The van der Waals surface area contributed by atoms with Crippen molar-refractivity contribution in [2.75, 3.05) is 31.1 Å². The topological polar surface area (TPSA) is 67.2 Å². The fraction of sp³-hybridized carbons (Fsp3) is 0.217. The summed E-state index contributed by atoms with van der Waals surface area (Å²) in [5.41, 5.74) is 2.23. The Kier molecular flexibility index (Phi) is 5.68. The van der Waals surface area contributed by atoms with Gasteiger partial charge in [-0.05, 0) is 29.8 Å². The Balaban J connectivity index is 1.39. The number of hydrogen-bond acceptors (Lipinski definition) is 5. The predicted molar refractivity (Wildman–Crippen MR) is 125 cm³/mol. The summed E-state index contributed by atoms with van der Waals surface area (Å²) < 4.78 is 1.83. The highest BCUT2D eigenvalue weighted by Crippen LogP contribution is 2.25. The van der Waals surface area contributed by atoms with E-state index < -0.39 is 0 Å². The van der Waals surface area contributed by atoms with E-state index in [1.165, 1.54) is 0 Å². The van der Waals surface area contributed by atoms with Crippen LogP contribution in [0.4, 0.5) is 5.95 Å². The lowest BCUT2D eigenvalue weighted by Gasteiger charge is -2.34. The van der Waals surface area contributed by atoms with Gasteiger partial charge in [-0.3, -0.25) is 9.48 Å². The maximum Gasteiger partial charge on any atom is 0.275 e. The second-order valence-corrected chi connectivity index (χ2v) is 8.43. The smallest absolute Gasteiger partial charge is 0.275 e. The lowest BCUT2D eigenvalue weighted by Crippen LogP contribution is -2.49. The van der Waals surface area contributed by atoms with Crippen LogP contribution in [0.2, 0.25) is 10.0 Å². The molecule has 3 heterocycles. The van der Waals surface area contributed by atoms with Crippen LogP contribution in [0.1, 0.15) is 16.1 Å². The minimum atomic E-state index is -0.0733. The molecule has 1 aliphatic heterocycles. The molecule has 0 saturated carbocycles. The number of para-hydroxylation sites is 1. The van der Waals surface area contributed by atoms with Crippen molar-refractivity contribution in [3.05, 3.63) is 82.2 Å². The average molecular weight is 467 g/mol. The van der Waals surface area contributed by atoms with Crippen LogP contribution < -0.4 is 4.90 Å². The maximum absolute atomic E-state index is 13.4. The van der Waals surface area contributed by atoms with Gasteiger partial charge < -0.3 is 9.80 Å². The lowest BCUT2D eigenvalue weighted by molar-refractivity contribution is 0.0741. The molecule has 2 aromatic carbocycles. The third-order valence-corrected chi connectivity index (χ3v) is 6.18. The molecule has 0 aliphatic carbocycles. The van der Waals surface area contributed by atoms with Crippen molar-refractivity contribution in [3.8, 4) is 0 Å². The van der Waals surface area contributed by atoms with Crippen molar-refractivity contribution >= 4 is 46.0 Å². The van der Waals surface area contributed by atoms with Gasteiger partial charge in [-0.25, -0.2) is 9.97 Å². The molecule has 162 valence electrons. The molecule has 0 unspecified atom stereocenters. The number of nitrogens with zero attached hydrogens (tertiary/aromatic N) is 6. The van der Waals surface area contributed by atoms with E-state index in [4.69, 9.17) is 28.3 Å². The molecule has 0 atom stereocenters. The third-order valence-electron chi connectivity index (χ3n) is 5.60. The Morgan fingerprint density at radius 1 is 0.938 bits per heavy atom. The minimum Gasteiger partial charge on any atom is -0.337 e. The van der Waals surface area contributed by atoms with E-state index in [1.807, 2.05) is 39.9 Å². The normalized spacial score (nSPS) is 14.2. The van der Waals surface area contributed by atoms with Crippen LogP contribution in [-0.4, -0.2) is 56.7 Å². The van der Waals surface area contributed by atoms with E-state index in [0.29, 0.717) is 54.4 Å². The summed E-state index contributed by atoms with van der Waals surface area (Å²) in [6, 6.07) is 15.0. The van der Waals surface area contributed by atoms with Gasteiger partial charge in [0.05, 0.1) is 12.1 Å². The maximum atomic E-state index is 13.4. The number of carbonyl (C=O) groups excluding carboxylic acids is 1. The van der Waals surface area contributed by atoms with Crippen molar-refractivity contribution < 1.29 is 4.79 Å². The first-order valence-corrected chi connectivity index (χ1v) is 11.1. The number of anilines is 1. The minimum absolute atomic E-state index is 0.0733. The second kappa shape index (κ2) is 8.76. The molecule has 7 nitrogen and oxygen atoms in total. The van der Waals surface area contributed by atoms with Gasteiger partial charge in [-0.15, -0.1) is 0 Å². The first-order chi connectivity index (χ1) is 15.6. The molecular formula is C23H20Cl2N6O. The quantitative estimate of drug-likeness (QED) is 0.451. The van der Waals surface area contributed by atoms with Gasteiger partial charge in [-0.2, -0.15) is 5.10 Å². The van der Waals surface area contributed by atoms with Gasteiger partial charge >= 0.3 is 0 Å². The van der Waals surface area contributed by atoms with Gasteiger partial charge in [0.15, 0.2) is 5.69 Å². The molecule has 0 N–H and O–H groups in total. The first-order valence-electron chi connectivity index (χ1n) is 10.3. The number of amides is 1. The molecule has 2 aromatic heterocycles. The van der Waals surface area contributed by atoms with Gasteiger partial charge in [-0.1, -0.05) is 47.5 Å². The number of benzene rings is 2. The SMILES string of the molecule is O=C(c1nn(Cc2ccc(Cl)cc2Cl)c2ccccc12)N1CCN(c2ncccn2)CC1. The largest absolute Gasteiger partial charge is 0.337 e. The van der Waals surface area contributed by atoms with Crippen LogP contribution in [0, 0.1) is 0 Å². The molecule has 9 heteroatoms. The summed E-state index contributed by atoms with van der Waals surface area (Å²) in [6.07, 6.45) is 3.46. The zero-order valence-electron chi connectivity index (χ0n) is 17.2. The van der Waals surface area contributed by atoms with Gasteiger partial charge in [0.2, 0.25) is 5.95 Å². The van der Waals surface area contributed by atoms with Crippen LogP contribution in [0.5, 0.6) is 0 Å². The van der Waals surface area contributed by atoms with Gasteiger partial charge in [0.25, 0.3) is 5.91 Å². The molecule has 1 amide bonds. The average Bonchev–Trinajstić information content (AvgIpc) is 3.19. The Labute approximate surface area is 195 Å². The van der Waals surface area contributed by atoms with Crippen molar-refractivity contribution in [2.45, 2.75) is 6.54 Å². The summed E-state index contributed by atoms with van der Waals surface area (Å²) in [5.74, 6) is 0.616. The molecular weight excluding hydrogens is 447 g/mol. The van der Waals surface area contributed by atoms with Crippen LogP contribution >= 0.6 is 23.2 Å². The monoisotopic (exact) mass is 466 g/mol. The van der Waals surface area contributed by atoms with Crippen molar-refractivity contribution in [1.82, 2.24) is 24.6 Å². The van der Waals surface area contributed by atoms with Crippen LogP contribution in [0.15, 0.2) is 60.9 Å². The number of carbonyl (C=O) groups is 1. The number of rotatable bonds is 4. The third kappa shape index (κ3) is 4.01. The highest BCUT2D eigenvalue weighted by Gasteiger charge is 2.27. The molecule has 4 aromatic rings. The standard InChI is InChI=1S/C23H20Cl2N6O/c24-17-7-6-16(19(25)14-17)15-31-20-5-2-1-4-18(20)21(28-31)22(32)29-10-12-30(13-11-29)23-26-8-3-9-27-23/h1-9,14H,10-13,15H2. The Bertz CT molecular complexity index is 1270. The van der Waals surface area contributed by atoms with Crippen molar-refractivity contribution in [2.24, 2.45) is 0 Å². The van der Waals surface area contributed by atoms with Gasteiger partial charge in [0, 0.05) is 54.0 Å².